The van der Waals surface area contributed by atoms with Crippen molar-refractivity contribution in [3.63, 3.8) is 0 Å². The first kappa shape index (κ1) is 15.5. The van der Waals surface area contributed by atoms with E-state index in [1.807, 2.05) is 0 Å². The van der Waals surface area contributed by atoms with E-state index in [9.17, 15) is 8.42 Å². The van der Waals surface area contributed by atoms with Crippen molar-refractivity contribution < 1.29 is 8.42 Å². The second-order valence-corrected chi connectivity index (χ2v) is 6.72. The normalized spacial score (nSPS) is 18.6. The lowest BCUT2D eigenvalue weighted by molar-refractivity contribution is 0.288. The van der Waals surface area contributed by atoms with Gasteiger partial charge in [0.2, 0.25) is 10.0 Å². The van der Waals surface area contributed by atoms with Crippen molar-refractivity contribution in [3.8, 4) is 0 Å². The van der Waals surface area contributed by atoms with Crippen LogP contribution in [0.1, 0.15) is 31.2 Å². The van der Waals surface area contributed by atoms with Crippen molar-refractivity contribution in [2.45, 2.75) is 38.5 Å². The maximum Gasteiger partial charge on any atom is 0.246 e. The van der Waals surface area contributed by atoms with Crippen LogP contribution in [-0.4, -0.2) is 36.0 Å². The number of halogens is 1. The number of sulfonamides is 1. The monoisotopic (exact) mass is 293 g/mol. The average molecular weight is 294 g/mol. The summed E-state index contributed by atoms with van der Waals surface area (Å²) < 4.78 is 26.5. The summed E-state index contributed by atoms with van der Waals surface area (Å²) in [5.41, 5.74) is 1.18. The van der Waals surface area contributed by atoms with Gasteiger partial charge >= 0.3 is 0 Å². The number of nitrogens with zero attached hydrogens (tertiary/aromatic N) is 2. The van der Waals surface area contributed by atoms with Gasteiger partial charge in [-0.05, 0) is 32.6 Å². The number of aryl methyl sites for hydroxylation is 2. The van der Waals surface area contributed by atoms with Gasteiger partial charge in [0.1, 0.15) is 4.90 Å². The minimum absolute atomic E-state index is 0. The van der Waals surface area contributed by atoms with E-state index in [1.165, 1.54) is 0 Å². The van der Waals surface area contributed by atoms with Crippen LogP contribution < -0.4 is 0 Å². The average Bonchev–Trinajstić information content (AvgIpc) is 2.59. The fourth-order valence-electron chi connectivity index (χ4n) is 2.28. The lowest BCUT2D eigenvalue weighted by atomic mass is 10.0. The van der Waals surface area contributed by atoms with Crippen molar-refractivity contribution in [1.82, 2.24) is 14.5 Å². The van der Waals surface area contributed by atoms with E-state index < -0.39 is 10.0 Å². The Hall–Kier alpha value is -0.590. The number of aromatic amines is 1. The number of aromatic nitrogens is 2. The zero-order valence-electron chi connectivity index (χ0n) is 10.9. The van der Waals surface area contributed by atoms with Crippen molar-refractivity contribution in [3.05, 3.63) is 11.4 Å². The van der Waals surface area contributed by atoms with Crippen LogP contribution in [0, 0.1) is 19.8 Å². The molecular formula is C11H20ClN3O2S. The predicted molar refractivity (Wildman–Crippen MR) is 72.5 cm³/mol. The van der Waals surface area contributed by atoms with E-state index in [-0.39, 0.29) is 12.4 Å². The summed E-state index contributed by atoms with van der Waals surface area (Å²) in [7, 11) is -3.36. The van der Waals surface area contributed by atoms with E-state index in [1.54, 1.807) is 18.2 Å². The molecule has 0 aromatic carbocycles. The second kappa shape index (κ2) is 5.59. The van der Waals surface area contributed by atoms with Gasteiger partial charge in [-0.3, -0.25) is 5.10 Å². The fourth-order valence-corrected chi connectivity index (χ4v) is 4.08. The van der Waals surface area contributed by atoms with E-state index in [0.717, 1.165) is 12.8 Å². The molecule has 18 heavy (non-hydrogen) atoms. The van der Waals surface area contributed by atoms with E-state index in [2.05, 4.69) is 17.1 Å². The maximum atomic E-state index is 12.5. The summed E-state index contributed by atoms with van der Waals surface area (Å²) in [5, 5.41) is 6.70. The minimum atomic E-state index is -3.36. The number of hydrogen-bond donors (Lipinski definition) is 1. The van der Waals surface area contributed by atoms with Crippen molar-refractivity contribution in [1.29, 1.82) is 0 Å². The van der Waals surface area contributed by atoms with Crippen LogP contribution in [0.15, 0.2) is 4.90 Å². The van der Waals surface area contributed by atoms with Gasteiger partial charge in [-0.25, -0.2) is 8.42 Å². The molecule has 1 aromatic heterocycles. The van der Waals surface area contributed by atoms with Crippen molar-refractivity contribution >= 4 is 22.4 Å². The molecule has 0 atom stereocenters. The summed E-state index contributed by atoms with van der Waals surface area (Å²) in [5.74, 6) is 0.619. The first-order chi connectivity index (χ1) is 7.93. The molecule has 0 aliphatic carbocycles. The molecule has 7 heteroatoms. The van der Waals surface area contributed by atoms with Crippen LogP contribution in [0.4, 0.5) is 0 Å². The molecule has 0 saturated carbocycles. The molecule has 0 amide bonds. The lowest BCUT2D eigenvalue weighted by Gasteiger charge is -2.29. The van der Waals surface area contributed by atoms with E-state index >= 15 is 0 Å². The van der Waals surface area contributed by atoms with Gasteiger partial charge in [-0.1, -0.05) is 6.92 Å². The minimum Gasteiger partial charge on any atom is -0.281 e. The van der Waals surface area contributed by atoms with Gasteiger partial charge in [-0.15, -0.1) is 12.4 Å². The molecule has 2 rings (SSSR count). The Morgan fingerprint density at radius 3 is 2.28 bits per heavy atom. The smallest absolute Gasteiger partial charge is 0.246 e. The van der Waals surface area contributed by atoms with E-state index in [0.29, 0.717) is 35.3 Å². The first-order valence-corrected chi connectivity index (χ1v) is 7.38. The molecule has 0 unspecified atom stereocenters. The highest BCUT2D eigenvalue weighted by Gasteiger charge is 2.31. The van der Waals surface area contributed by atoms with Crippen LogP contribution >= 0.6 is 12.4 Å². The Kier molecular flexibility index (Phi) is 4.80. The second-order valence-electron chi connectivity index (χ2n) is 4.85. The highest BCUT2D eigenvalue weighted by Crippen LogP contribution is 2.26. The van der Waals surface area contributed by atoms with Gasteiger partial charge < -0.3 is 0 Å². The SMILES string of the molecule is Cc1n[nH]c(C)c1S(=O)(=O)N1CCC(C)CC1.Cl. The highest BCUT2D eigenvalue weighted by molar-refractivity contribution is 7.89. The lowest BCUT2D eigenvalue weighted by Crippen LogP contribution is -2.38. The zero-order valence-corrected chi connectivity index (χ0v) is 12.6. The highest BCUT2D eigenvalue weighted by atomic mass is 35.5. The molecule has 1 N–H and O–H groups in total. The zero-order chi connectivity index (χ0) is 12.6. The first-order valence-electron chi connectivity index (χ1n) is 5.94. The molecule has 1 aliphatic rings. The number of rotatable bonds is 2. The van der Waals surface area contributed by atoms with Gasteiger partial charge in [-0.2, -0.15) is 9.40 Å². The Labute approximate surface area is 114 Å². The largest absolute Gasteiger partial charge is 0.281 e. The van der Waals surface area contributed by atoms with Gasteiger partial charge in [0.15, 0.2) is 0 Å². The van der Waals surface area contributed by atoms with Crippen LogP contribution in [0.2, 0.25) is 0 Å². The van der Waals surface area contributed by atoms with Crippen molar-refractivity contribution in [2.24, 2.45) is 5.92 Å². The van der Waals surface area contributed by atoms with Gasteiger partial charge in [0.25, 0.3) is 0 Å². The Balaban J connectivity index is 0.00000162. The van der Waals surface area contributed by atoms with Gasteiger partial charge in [0, 0.05) is 13.1 Å². The maximum absolute atomic E-state index is 12.5. The van der Waals surface area contributed by atoms with Crippen LogP contribution in [0.25, 0.3) is 0 Å². The Morgan fingerprint density at radius 1 is 1.28 bits per heavy atom. The van der Waals surface area contributed by atoms with Crippen LogP contribution in [-0.2, 0) is 10.0 Å². The summed E-state index contributed by atoms with van der Waals surface area (Å²) in [6.45, 7) is 6.88. The molecule has 104 valence electrons. The van der Waals surface area contributed by atoms with Gasteiger partial charge in [0.05, 0.1) is 11.4 Å². The predicted octanol–water partition coefficient (Wildman–Crippen LogP) is 1.87. The Morgan fingerprint density at radius 2 is 1.83 bits per heavy atom. The molecule has 1 fully saturated rings. The summed E-state index contributed by atoms with van der Waals surface area (Å²) >= 11 is 0. The number of piperidine rings is 1. The molecule has 1 aromatic rings. The van der Waals surface area contributed by atoms with Crippen LogP contribution in [0.3, 0.4) is 0 Å². The molecule has 0 spiro atoms. The molecule has 5 nitrogen and oxygen atoms in total. The third-order valence-corrected chi connectivity index (χ3v) is 5.56. The standard InChI is InChI=1S/C11H19N3O2S.ClH/c1-8-4-6-14(7-5-8)17(15,16)11-9(2)12-13-10(11)3;/h8H,4-7H2,1-3H3,(H,12,13);1H. The number of hydrogen-bond acceptors (Lipinski definition) is 3. The quantitative estimate of drug-likeness (QED) is 0.905. The molecule has 1 aliphatic heterocycles. The van der Waals surface area contributed by atoms with Crippen LogP contribution in [0.5, 0.6) is 0 Å². The molecule has 0 radical (unpaired) electrons. The fraction of sp³-hybridized carbons (Fsp3) is 0.727. The molecule has 1 saturated heterocycles. The summed E-state index contributed by atoms with van der Waals surface area (Å²) in [4.78, 5) is 0.354. The summed E-state index contributed by atoms with van der Waals surface area (Å²) in [6, 6.07) is 0. The molecule has 0 bridgehead atoms. The van der Waals surface area contributed by atoms with Crippen molar-refractivity contribution in [2.75, 3.05) is 13.1 Å². The molecular weight excluding hydrogens is 274 g/mol. The van der Waals surface area contributed by atoms with E-state index in [4.69, 9.17) is 0 Å². The topological polar surface area (TPSA) is 66.1 Å². The number of H-pyrrole nitrogens is 1. The molecule has 2 heterocycles. The third kappa shape index (κ3) is 2.70. The third-order valence-electron chi connectivity index (χ3n) is 3.40. The Bertz CT molecular complexity index is 485. The summed E-state index contributed by atoms with van der Waals surface area (Å²) in [6.07, 6.45) is 1.88. The number of nitrogens with one attached hydrogen (secondary N) is 1.